The molecule has 0 aromatic carbocycles. The lowest BCUT2D eigenvalue weighted by Gasteiger charge is -2.03. The Morgan fingerprint density at radius 3 is 2.81 bits per heavy atom. The Hall–Kier alpha value is -2.26. The van der Waals surface area contributed by atoms with Crippen molar-refractivity contribution in [1.82, 2.24) is 19.3 Å². The maximum Gasteiger partial charge on any atom is 0.144 e. The molecule has 0 amide bonds. The van der Waals surface area contributed by atoms with E-state index in [9.17, 15) is 0 Å². The lowest BCUT2D eigenvalue weighted by Crippen LogP contribution is -2.06. The van der Waals surface area contributed by atoms with E-state index in [1.807, 2.05) is 34.8 Å². The highest BCUT2D eigenvalue weighted by molar-refractivity contribution is 7.15. The lowest BCUT2D eigenvalue weighted by molar-refractivity contribution is 1.28. The van der Waals surface area contributed by atoms with Gasteiger partial charge < -0.3 is 4.34 Å². The molecule has 2 radical (unpaired) electrons. The summed E-state index contributed by atoms with van der Waals surface area (Å²) in [4.78, 5) is 13.0. The minimum atomic E-state index is 0.491. The molecule has 4 heterocycles. The maximum atomic E-state index is 5.74. The molecule has 0 aliphatic heterocycles. The molecule has 0 fully saturated rings. The van der Waals surface area contributed by atoms with Gasteiger partial charge in [-0.25, -0.2) is 4.98 Å². The van der Waals surface area contributed by atoms with Gasteiger partial charge in [0.2, 0.25) is 0 Å². The highest BCUT2D eigenvalue weighted by Crippen LogP contribution is 2.30. The number of aromatic nitrogens is 4. The van der Waals surface area contributed by atoms with E-state index in [-0.39, 0.29) is 0 Å². The van der Waals surface area contributed by atoms with Crippen LogP contribution in [-0.2, 0) is 0 Å². The number of hydrogen-bond donors (Lipinski definition) is 0. The van der Waals surface area contributed by atoms with Gasteiger partial charge in [-0.05, 0) is 45.3 Å². The summed E-state index contributed by atoms with van der Waals surface area (Å²) in [5.41, 5.74) is 4.30. The summed E-state index contributed by atoms with van der Waals surface area (Å²) < 4.78 is 2.00. The van der Waals surface area contributed by atoms with E-state index in [2.05, 4.69) is 25.4 Å². The van der Waals surface area contributed by atoms with Gasteiger partial charge in [0.25, 0.3) is 0 Å². The number of pyridine rings is 3. The van der Waals surface area contributed by atoms with E-state index in [4.69, 9.17) is 12.8 Å². The van der Waals surface area contributed by atoms with Gasteiger partial charge in [-0.15, -0.1) is 0 Å². The van der Waals surface area contributed by atoms with E-state index in [0.29, 0.717) is 5.59 Å². The molecule has 98 valence electrons. The first kappa shape index (κ1) is 12.5. The van der Waals surface area contributed by atoms with E-state index >= 15 is 0 Å². The largest absolute Gasteiger partial charge is 0.310 e. The van der Waals surface area contributed by atoms with Gasteiger partial charge in [0.05, 0.1) is 11.2 Å². The predicted molar refractivity (Wildman–Crippen MR) is 88.8 cm³/mol. The van der Waals surface area contributed by atoms with Crippen LogP contribution in [0.2, 0.25) is 0 Å². The van der Waals surface area contributed by atoms with Crippen LogP contribution in [0.15, 0.2) is 48.9 Å². The van der Waals surface area contributed by atoms with Crippen molar-refractivity contribution in [2.45, 2.75) is 0 Å². The van der Waals surface area contributed by atoms with Crippen molar-refractivity contribution in [2.24, 2.45) is 0 Å². The second-order valence-electron chi connectivity index (χ2n) is 4.80. The van der Waals surface area contributed by atoms with Crippen LogP contribution in [0, 0.1) is 0 Å². The third-order valence-corrected chi connectivity index (χ3v) is 4.05. The fourth-order valence-corrected chi connectivity index (χ4v) is 2.95. The van der Waals surface area contributed by atoms with Crippen LogP contribution in [0.1, 0.15) is 0 Å². The molecular formula is C15H10BN4P. The zero-order valence-corrected chi connectivity index (χ0v) is 12.2. The topological polar surface area (TPSA) is 43.6 Å². The van der Waals surface area contributed by atoms with Gasteiger partial charge in [0.1, 0.15) is 13.5 Å². The third-order valence-electron chi connectivity index (χ3n) is 3.53. The van der Waals surface area contributed by atoms with Gasteiger partial charge in [0.15, 0.2) is 0 Å². The Bertz CT molecular complexity index is 980. The zero-order valence-electron chi connectivity index (χ0n) is 11.1. The number of hydrogen-bond acceptors (Lipinski definition) is 3. The van der Waals surface area contributed by atoms with Crippen molar-refractivity contribution in [2.75, 3.05) is 0 Å². The van der Waals surface area contributed by atoms with Gasteiger partial charge in [-0.3, -0.25) is 9.97 Å². The van der Waals surface area contributed by atoms with Crippen molar-refractivity contribution in [3.8, 4) is 11.3 Å². The van der Waals surface area contributed by atoms with Gasteiger partial charge in [0, 0.05) is 34.9 Å². The smallest absolute Gasteiger partial charge is 0.144 e. The minimum Gasteiger partial charge on any atom is -0.310 e. The van der Waals surface area contributed by atoms with E-state index in [1.165, 1.54) is 0 Å². The monoisotopic (exact) mass is 288 g/mol. The first-order valence-electron chi connectivity index (χ1n) is 6.46. The molecule has 4 rings (SSSR count). The Balaban J connectivity index is 2.02. The molecule has 0 N–H and O–H groups in total. The molecule has 0 spiro atoms. The van der Waals surface area contributed by atoms with Gasteiger partial charge >= 0.3 is 0 Å². The average Bonchev–Trinajstić information content (AvgIpc) is 2.81. The number of nitrogens with zero attached hydrogens (tertiary/aromatic N) is 4. The SMILES string of the molecule is [B]c1cc(-c2ccc3c4cnccc4n(P)c3n2)ccn1. The number of fused-ring (bicyclic) bond motifs is 3. The first-order valence-corrected chi connectivity index (χ1v) is 6.98. The average molecular weight is 288 g/mol. The number of rotatable bonds is 1. The summed E-state index contributed by atoms with van der Waals surface area (Å²) in [7, 11) is 8.45. The highest BCUT2D eigenvalue weighted by Gasteiger charge is 2.10. The van der Waals surface area contributed by atoms with E-state index in [0.717, 1.165) is 33.2 Å². The fourth-order valence-electron chi connectivity index (χ4n) is 2.53. The second kappa shape index (κ2) is 4.64. The van der Waals surface area contributed by atoms with E-state index in [1.54, 1.807) is 12.4 Å². The molecule has 4 aromatic rings. The molecular weight excluding hydrogens is 278 g/mol. The molecule has 4 nitrogen and oxygen atoms in total. The Labute approximate surface area is 124 Å². The fraction of sp³-hybridized carbons (Fsp3) is 0. The van der Waals surface area contributed by atoms with Crippen molar-refractivity contribution in [3.63, 3.8) is 0 Å². The molecule has 1 unspecified atom stereocenters. The highest BCUT2D eigenvalue weighted by atomic mass is 31.0. The van der Waals surface area contributed by atoms with Crippen LogP contribution in [0.3, 0.4) is 0 Å². The summed E-state index contributed by atoms with van der Waals surface area (Å²) in [5, 5.41) is 2.18. The summed E-state index contributed by atoms with van der Waals surface area (Å²) in [5.74, 6) is 0. The second-order valence-corrected chi connectivity index (χ2v) is 5.32. The molecule has 1 atom stereocenters. The molecule has 6 heteroatoms. The van der Waals surface area contributed by atoms with Crippen LogP contribution in [-0.4, -0.2) is 27.1 Å². The molecule has 0 saturated heterocycles. The Morgan fingerprint density at radius 1 is 1.05 bits per heavy atom. The van der Waals surface area contributed by atoms with Crippen molar-refractivity contribution >= 4 is 44.8 Å². The van der Waals surface area contributed by atoms with Crippen molar-refractivity contribution in [3.05, 3.63) is 48.9 Å². The van der Waals surface area contributed by atoms with Crippen LogP contribution in [0.4, 0.5) is 0 Å². The Kier molecular flexibility index (Phi) is 2.76. The lowest BCUT2D eigenvalue weighted by atomic mass is 10.0. The normalized spacial score (nSPS) is 11.3. The van der Waals surface area contributed by atoms with Crippen molar-refractivity contribution < 1.29 is 0 Å². The molecule has 0 aliphatic carbocycles. The standard InChI is InChI=1S/C15H10BN4P/c16-14-7-9(3-6-18-14)12-2-1-10-11-8-17-5-4-13(11)20(21)15(10)19-12/h1-8H,21H2. The molecule has 0 aliphatic rings. The first-order chi connectivity index (χ1) is 10.2. The molecule has 4 aromatic heterocycles. The van der Waals surface area contributed by atoms with Gasteiger partial charge in [-0.2, -0.15) is 0 Å². The van der Waals surface area contributed by atoms with E-state index < -0.39 is 0 Å². The van der Waals surface area contributed by atoms with Crippen LogP contribution >= 0.6 is 9.39 Å². The quantitative estimate of drug-likeness (QED) is 0.398. The Morgan fingerprint density at radius 2 is 1.95 bits per heavy atom. The van der Waals surface area contributed by atoms with Crippen LogP contribution in [0.25, 0.3) is 33.2 Å². The minimum absolute atomic E-state index is 0.491. The van der Waals surface area contributed by atoms with Crippen LogP contribution < -0.4 is 5.59 Å². The third kappa shape index (κ3) is 1.93. The maximum absolute atomic E-state index is 5.74. The van der Waals surface area contributed by atoms with Crippen molar-refractivity contribution in [1.29, 1.82) is 0 Å². The molecule has 21 heavy (non-hydrogen) atoms. The summed E-state index contributed by atoms with van der Waals surface area (Å²) in [6.07, 6.45) is 5.34. The summed E-state index contributed by atoms with van der Waals surface area (Å²) in [6.45, 7) is 0. The molecule has 0 bridgehead atoms. The summed E-state index contributed by atoms with van der Waals surface area (Å²) >= 11 is 0. The predicted octanol–water partition coefficient (Wildman–Crippen LogP) is 2.08. The summed E-state index contributed by atoms with van der Waals surface area (Å²) in [6, 6.07) is 9.77. The van der Waals surface area contributed by atoms with Crippen LogP contribution in [0.5, 0.6) is 0 Å². The zero-order chi connectivity index (χ0) is 14.4. The van der Waals surface area contributed by atoms with Gasteiger partial charge in [-0.1, -0.05) is 0 Å². The molecule has 0 saturated carbocycles.